The average molecular weight is 267 g/mol. The van der Waals surface area contributed by atoms with Crippen molar-refractivity contribution in [3.63, 3.8) is 0 Å². The molecule has 76 valence electrons. The number of anilines is 1. The Labute approximate surface area is 95.1 Å². The van der Waals surface area contributed by atoms with E-state index in [4.69, 9.17) is 5.73 Å². The lowest BCUT2D eigenvalue weighted by Gasteiger charge is -2.06. The van der Waals surface area contributed by atoms with E-state index in [0.717, 1.165) is 0 Å². The minimum absolute atomic E-state index is 0.322. The summed E-state index contributed by atoms with van der Waals surface area (Å²) < 4.78 is 14.2. The van der Waals surface area contributed by atoms with Crippen LogP contribution < -0.4 is 5.73 Å². The third kappa shape index (κ3) is 1.85. The monoisotopic (exact) mass is 266 g/mol. The lowest BCUT2D eigenvalue weighted by atomic mass is 10.1. The van der Waals surface area contributed by atoms with Crippen LogP contribution in [0, 0.1) is 5.82 Å². The number of nitrogen functional groups attached to an aromatic ring is 1. The van der Waals surface area contributed by atoms with E-state index in [2.05, 4.69) is 20.9 Å². The highest BCUT2D eigenvalue weighted by Gasteiger charge is 2.10. The van der Waals surface area contributed by atoms with E-state index in [9.17, 15) is 4.39 Å². The van der Waals surface area contributed by atoms with Crippen molar-refractivity contribution < 1.29 is 4.39 Å². The summed E-state index contributed by atoms with van der Waals surface area (Å²) in [4.78, 5) is 3.92. The molecule has 0 saturated carbocycles. The van der Waals surface area contributed by atoms with Gasteiger partial charge in [0, 0.05) is 17.3 Å². The Morgan fingerprint density at radius 3 is 2.60 bits per heavy atom. The van der Waals surface area contributed by atoms with Crippen LogP contribution in [0.3, 0.4) is 0 Å². The Kier molecular flexibility index (Phi) is 2.68. The number of pyridine rings is 1. The number of nitrogens with zero attached hydrogens (tertiary/aromatic N) is 1. The van der Waals surface area contributed by atoms with Crippen molar-refractivity contribution in [3.05, 3.63) is 46.8 Å². The summed E-state index contributed by atoms with van der Waals surface area (Å²) in [6.07, 6.45) is 1.58. The maximum atomic E-state index is 13.7. The van der Waals surface area contributed by atoms with E-state index in [1.54, 1.807) is 36.5 Å². The Bertz CT molecular complexity index is 500. The molecule has 0 aliphatic carbocycles. The molecule has 2 rings (SSSR count). The lowest BCUT2D eigenvalue weighted by Crippen LogP contribution is -1.95. The van der Waals surface area contributed by atoms with Crippen LogP contribution in [0.5, 0.6) is 0 Å². The number of hydrogen-bond donors (Lipinski definition) is 1. The number of aromatic nitrogens is 1. The first kappa shape index (κ1) is 10.1. The van der Waals surface area contributed by atoms with Gasteiger partial charge in [0.05, 0.1) is 4.47 Å². The van der Waals surface area contributed by atoms with Gasteiger partial charge in [-0.15, -0.1) is 0 Å². The van der Waals surface area contributed by atoms with Crippen molar-refractivity contribution in [1.82, 2.24) is 4.98 Å². The molecule has 0 unspecified atom stereocenters. The molecule has 2 aromatic rings. The Balaban J connectivity index is 2.65. The van der Waals surface area contributed by atoms with Gasteiger partial charge < -0.3 is 5.73 Å². The van der Waals surface area contributed by atoms with Crippen LogP contribution in [0.1, 0.15) is 0 Å². The topological polar surface area (TPSA) is 38.9 Å². The van der Waals surface area contributed by atoms with E-state index in [1.165, 1.54) is 0 Å². The molecular weight excluding hydrogens is 259 g/mol. The quantitative estimate of drug-likeness (QED) is 0.861. The molecule has 0 fully saturated rings. The highest BCUT2D eigenvalue weighted by Crippen LogP contribution is 2.30. The third-order valence-electron chi connectivity index (χ3n) is 2.08. The molecule has 1 aromatic carbocycles. The number of benzene rings is 1. The van der Waals surface area contributed by atoms with Crippen LogP contribution in [0.15, 0.2) is 41.0 Å². The van der Waals surface area contributed by atoms with Crippen molar-refractivity contribution >= 4 is 21.7 Å². The van der Waals surface area contributed by atoms with E-state index in [1.807, 2.05) is 0 Å². The van der Waals surface area contributed by atoms with Gasteiger partial charge in [0.25, 0.3) is 0 Å². The molecular formula is C11H8BrFN2. The smallest absolute Gasteiger partial charge is 0.145 e. The molecule has 0 aliphatic rings. The van der Waals surface area contributed by atoms with E-state index < -0.39 is 0 Å². The van der Waals surface area contributed by atoms with Crippen molar-refractivity contribution in [1.29, 1.82) is 0 Å². The van der Waals surface area contributed by atoms with Crippen molar-refractivity contribution in [2.75, 3.05) is 5.73 Å². The summed E-state index contributed by atoms with van der Waals surface area (Å²) in [6.45, 7) is 0. The summed E-state index contributed by atoms with van der Waals surface area (Å²) in [5.74, 6) is 0.00620. The highest BCUT2D eigenvalue weighted by atomic mass is 79.9. The molecule has 0 saturated heterocycles. The van der Waals surface area contributed by atoms with Crippen LogP contribution in [0.4, 0.5) is 10.2 Å². The molecule has 15 heavy (non-hydrogen) atoms. The summed E-state index contributed by atoms with van der Waals surface area (Å²) in [7, 11) is 0. The van der Waals surface area contributed by atoms with Gasteiger partial charge in [-0.25, -0.2) is 9.37 Å². The molecule has 0 atom stereocenters. The Morgan fingerprint density at radius 2 is 1.87 bits per heavy atom. The fourth-order valence-corrected chi connectivity index (χ4v) is 1.72. The van der Waals surface area contributed by atoms with Gasteiger partial charge in [-0.1, -0.05) is 12.1 Å². The van der Waals surface area contributed by atoms with Gasteiger partial charge >= 0.3 is 0 Å². The highest BCUT2D eigenvalue weighted by molar-refractivity contribution is 9.10. The first-order valence-corrected chi connectivity index (χ1v) is 5.14. The second-order valence-electron chi connectivity index (χ2n) is 3.04. The molecule has 0 aliphatic heterocycles. The minimum Gasteiger partial charge on any atom is -0.383 e. The molecule has 2 N–H and O–H groups in total. The molecule has 2 nitrogen and oxygen atoms in total. The zero-order chi connectivity index (χ0) is 10.8. The maximum Gasteiger partial charge on any atom is 0.145 e. The molecule has 1 aromatic heterocycles. The predicted molar refractivity (Wildman–Crippen MR) is 61.7 cm³/mol. The fraction of sp³-hybridized carbons (Fsp3) is 0. The summed E-state index contributed by atoms with van der Waals surface area (Å²) in [5.41, 5.74) is 6.74. The normalized spacial score (nSPS) is 10.3. The fourth-order valence-electron chi connectivity index (χ4n) is 1.36. The molecule has 0 amide bonds. The second-order valence-corrected chi connectivity index (χ2v) is 3.89. The maximum absolute atomic E-state index is 13.7. The average Bonchev–Trinajstić information content (AvgIpc) is 2.23. The molecule has 0 spiro atoms. The standard InChI is InChI=1S/C11H8BrFN2/c12-9-5-1-3-7(10(9)13)8-4-2-6-15-11(8)14/h1-6H,(H2,14,15). The molecule has 4 heteroatoms. The van der Waals surface area contributed by atoms with Gasteiger partial charge in [0.2, 0.25) is 0 Å². The van der Waals surface area contributed by atoms with Crippen LogP contribution in [-0.2, 0) is 0 Å². The third-order valence-corrected chi connectivity index (χ3v) is 2.69. The van der Waals surface area contributed by atoms with E-state index in [0.29, 0.717) is 21.4 Å². The summed E-state index contributed by atoms with van der Waals surface area (Å²) >= 11 is 3.13. The number of halogens is 2. The zero-order valence-electron chi connectivity index (χ0n) is 7.74. The van der Waals surface area contributed by atoms with Crippen LogP contribution in [-0.4, -0.2) is 4.98 Å². The molecule has 0 bridgehead atoms. The van der Waals surface area contributed by atoms with E-state index >= 15 is 0 Å². The molecule has 0 radical (unpaired) electrons. The summed E-state index contributed by atoms with van der Waals surface area (Å²) in [6, 6.07) is 8.55. The van der Waals surface area contributed by atoms with Crippen LogP contribution in [0.2, 0.25) is 0 Å². The van der Waals surface area contributed by atoms with E-state index in [-0.39, 0.29) is 5.82 Å². The van der Waals surface area contributed by atoms with Gasteiger partial charge in [-0.3, -0.25) is 0 Å². The zero-order valence-corrected chi connectivity index (χ0v) is 9.33. The van der Waals surface area contributed by atoms with Gasteiger partial charge in [-0.05, 0) is 34.1 Å². The van der Waals surface area contributed by atoms with Gasteiger partial charge in [-0.2, -0.15) is 0 Å². The number of hydrogen-bond acceptors (Lipinski definition) is 2. The minimum atomic E-state index is -0.322. The lowest BCUT2D eigenvalue weighted by molar-refractivity contribution is 0.624. The SMILES string of the molecule is Nc1ncccc1-c1cccc(Br)c1F. The van der Waals surface area contributed by atoms with Crippen LogP contribution in [0.25, 0.3) is 11.1 Å². The van der Waals surface area contributed by atoms with Crippen molar-refractivity contribution in [2.24, 2.45) is 0 Å². The van der Waals surface area contributed by atoms with Crippen molar-refractivity contribution in [2.45, 2.75) is 0 Å². The first-order valence-electron chi connectivity index (χ1n) is 4.35. The Morgan fingerprint density at radius 1 is 1.13 bits per heavy atom. The van der Waals surface area contributed by atoms with Gasteiger partial charge in [0.15, 0.2) is 0 Å². The Hall–Kier alpha value is -1.42. The number of rotatable bonds is 1. The largest absolute Gasteiger partial charge is 0.383 e. The van der Waals surface area contributed by atoms with Crippen LogP contribution >= 0.6 is 15.9 Å². The number of nitrogens with two attached hydrogens (primary N) is 1. The molecule has 1 heterocycles. The predicted octanol–water partition coefficient (Wildman–Crippen LogP) is 3.23. The van der Waals surface area contributed by atoms with Crippen molar-refractivity contribution in [3.8, 4) is 11.1 Å². The second kappa shape index (κ2) is 3.98. The summed E-state index contributed by atoms with van der Waals surface area (Å²) in [5, 5.41) is 0. The first-order chi connectivity index (χ1) is 7.20. The van der Waals surface area contributed by atoms with Gasteiger partial charge in [0.1, 0.15) is 11.6 Å².